The van der Waals surface area contributed by atoms with E-state index in [1.54, 1.807) is 0 Å². The summed E-state index contributed by atoms with van der Waals surface area (Å²) in [5.74, 6) is -0.798. The van der Waals surface area contributed by atoms with Crippen LogP contribution in [0, 0.1) is 23.2 Å². The Kier molecular flexibility index (Phi) is 18.9. The van der Waals surface area contributed by atoms with E-state index in [4.69, 9.17) is 19.5 Å². The summed E-state index contributed by atoms with van der Waals surface area (Å²) in [7, 11) is -16.5. The summed E-state index contributed by atoms with van der Waals surface area (Å²) in [6.07, 6.45) is -1.92. The highest BCUT2D eigenvalue weighted by Crippen LogP contribution is 2.61. The molecule has 0 bridgehead atoms. The van der Waals surface area contributed by atoms with E-state index in [0.29, 0.717) is 18.3 Å². The molecular formula is C40H59N8O18P3S. The number of hydrogen-bond donors (Lipinski definition) is 9. The van der Waals surface area contributed by atoms with Crippen molar-refractivity contribution in [1.82, 2.24) is 35.1 Å². The van der Waals surface area contributed by atoms with Crippen molar-refractivity contribution in [2.75, 3.05) is 50.9 Å². The Morgan fingerprint density at radius 3 is 2.30 bits per heavy atom. The van der Waals surface area contributed by atoms with Gasteiger partial charge in [-0.15, -0.1) is 0 Å². The lowest BCUT2D eigenvalue weighted by atomic mass is 9.82. The van der Waals surface area contributed by atoms with E-state index in [-0.39, 0.29) is 59.7 Å². The second kappa shape index (κ2) is 23.9. The van der Waals surface area contributed by atoms with Crippen LogP contribution in [0.25, 0.3) is 11.2 Å². The Hall–Kier alpha value is -3.75. The number of fused-ring (bicyclic) bond motifs is 2. The number of carbonyl (C=O) groups excluding carboxylic acids is 4. The predicted octanol–water partition coefficient (Wildman–Crippen LogP) is 1.56. The van der Waals surface area contributed by atoms with Gasteiger partial charge in [-0.3, -0.25) is 37.3 Å². The van der Waals surface area contributed by atoms with Gasteiger partial charge in [-0.25, -0.2) is 28.6 Å². The SMILES string of the molecule is CC(C)(COP(=O)(O)OP(=O)(O)OCC1OC(n2cnc3c(N)ncnc32)C(O)C1OP(=O)(O)O)C(O)C(=O)NCCC(=O)NCCSC(=O)C(CC(=O)N1CC2CCCCC2C1)Cc1ccccc1. The van der Waals surface area contributed by atoms with Gasteiger partial charge in [-0.1, -0.05) is 68.8 Å². The van der Waals surface area contributed by atoms with Crippen molar-refractivity contribution in [1.29, 1.82) is 0 Å². The number of likely N-dealkylation sites (tertiary alicyclic amines) is 1. The number of phosphoric acid groups is 3. The van der Waals surface area contributed by atoms with Crippen LogP contribution < -0.4 is 16.4 Å². The van der Waals surface area contributed by atoms with Gasteiger partial charge in [0.15, 0.2) is 22.8 Å². The molecular weight excluding hydrogens is 1010 g/mol. The highest BCUT2D eigenvalue weighted by Gasteiger charge is 2.50. The van der Waals surface area contributed by atoms with E-state index in [0.717, 1.165) is 60.5 Å². The van der Waals surface area contributed by atoms with Crippen molar-refractivity contribution in [2.45, 2.75) is 89.4 Å². The van der Waals surface area contributed by atoms with Gasteiger partial charge < -0.3 is 55.8 Å². The van der Waals surface area contributed by atoms with Crippen LogP contribution >= 0.6 is 35.2 Å². The zero-order chi connectivity index (χ0) is 51.0. The molecule has 388 valence electrons. The molecule has 10 N–H and O–H groups in total. The second-order valence-corrected chi connectivity index (χ2v) is 23.3. The molecule has 1 aliphatic carbocycles. The van der Waals surface area contributed by atoms with Crippen LogP contribution in [0.4, 0.5) is 5.82 Å². The number of benzene rings is 1. The number of nitrogens with two attached hydrogens (primary N) is 1. The quantitative estimate of drug-likeness (QED) is 0.0454. The molecule has 6 rings (SSSR count). The van der Waals surface area contributed by atoms with Crippen molar-refractivity contribution >= 4 is 75.0 Å². The number of rotatable bonds is 24. The van der Waals surface area contributed by atoms with E-state index < -0.39 is 90.5 Å². The van der Waals surface area contributed by atoms with Crippen molar-refractivity contribution in [3.8, 4) is 0 Å². The highest BCUT2D eigenvalue weighted by atomic mass is 32.2. The normalized spacial score (nSPS) is 24.3. The molecule has 70 heavy (non-hydrogen) atoms. The zero-order valence-corrected chi connectivity index (χ0v) is 41.7. The fourth-order valence-electron chi connectivity index (χ4n) is 8.49. The zero-order valence-electron chi connectivity index (χ0n) is 38.2. The summed E-state index contributed by atoms with van der Waals surface area (Å²) in [5, 5.41) is 26.6. The number of ether oxygens (including phenoxy) is 1. The maximum absolute atomic E-state index is 13.4. The molecule has 2 aromatic heterocycles. The number of imidazole rings is 1. The van der Waals surface area contributed by atoms with E-state index >= 15 is 0 Å². The van der Waals surface area contributed by atoms with E-state index in [2.05, 4.69) is 34.4 Å². The van der Waals surface area contributed by atoms with Gasteiger partial charge in [-0.2, -0.15) is 4.31 Å². The van der Waals surface area contributed by atoms with Gasteiger partial charge in [0, 0.05) is 56.1 Å². The first-order chi connectivity index (χ1) is 32.9. The number of nitrogen functional groups attached to an aromatic ring is 1. The minimum atomic E-state index is -5.60. The monoisotopic (exact) mass is 1060 g/mol. The lowest BCUT2D eigenvalue weighted by Gasteiger charge is -2.30. The second-order valence-electron chi connectivity index (χ2n) is 17.9. The lowest BCUT2D eigenvalue weighted by Crippen LogP contribution is -2.46. The number of nitrogens with zero attached hydrogens (tertiary/aromatic N) is 5. The number of aromatic nitrogens is 4. The lowest BCUT2D eigenvalue weighted by molar-refractivity contribution is -0.137. The fourth-order valence-corrected chi connectivity index (χ4v) is 12.1. The van der Waals surface area contributed by atoms with Crippen LogP contribution in [-0.4, -0.2) is 147 Å². The maximum Gasteiger partial charge on any atom is 0.481 e. The maximum atomic E-state index is 13.4. The minimum absolute atomic E-state index is 0.0190. The summed E-state index contributed by atoms with van der Waals surface area (Å²) in [4.78, 5) is 105. The minimum Gasteiger partial charge on any atom is -0.386 e. The largest absolute Gasteiger partial charge is 0.481 e. The Morgan fingerprint density at radius 2 is 1.63 bits per heavy atom. The van der Waals surface area contributed by atoms with E-state index in [9.17, 15) is 62.7 Å². The topological polar surface area (TPSA) is 384 Å². The number of anilines is 1. The molecule has 10 atom stereocenters. The van der Waals surface area contributed by atoms with Crippen molar-refractivity contribution in [2.24, 2.45) is 23.2 Å². The average Bonchev–Trinajstić information content (AvgIpc) is 4.01. The molecule has 0 spiro atoms. The number of carbonyl (C=O) groups is 4. The third-order valence-electron chi connectivity index (χ3n) is 12.2. The van der Waals surface area contributed by atoms with Crippen molar-refractivity contribution in [3.63, 3.8) is 0 Å². The molecule has 3 aliphatic rings. The standard InChI is InChI=1S/C40H59N8O18P3S/c1-40(2,21-63-69(60,61)66-68(58,59)62-20-28-33(65-67(55,56)57)32(51)38(64-28)48-23-46-31-35(41)44-22-45-36(31)48)34(52)37(53)43-13-12-29(49)42-14-15-70-39(54)27(16-24-8-4-3-5-9-24)17-30(50)47-18-25-10-6-7-11-26(25)19-47/h3-5,8-9,22-23,25-28,32-34,38,51-52H,6-7,10-21H2,1-2H3,(H,42,49)(H,43,53)(H,58,59)(H,60,61)(H2,41,44,45)(H2,55,56,57). The smallest absolute Gasteiger partial charge is 0.386 e. The Morgan fingerprint density at radius 1 is 0.957 bits per heavy atom. The van der Waals surface area contributed by atoms with E-state index in [1.807, 2.05) is 35.2 Å². The third kappa shape index (κ3) is 15.4. The van der Waals surface area contributed by atoms with Crippen LogP contribution in [0.15, 0.2) is 43.0 Å². The molecule has 0 radical (unpaired) electrons. The van der Waals surface area contributed by atoms with Crippen LogP contribution in [0.5, 0.6) is 0 Å². The summed E-state index contributed by atoms with van der Waals surface area (Å²) < 4.78 is 62.6. The molecule has 3 fully saturated rings. The van der Waals surface area contributed by atoms with Crippen LogP contribution in [0.1, 0.15) is 64.2 Å². The van der Waals surface area contributed by atoms with Gasteiger partial charge in [-0.05, 0) is 36.7 Å². The van der Waals surface area contributed by atoms with Gasteiger partial charge in [0.25, 0.3) is 0 Å². The molecule has 2 aliphatic heterocycles. The molecule has 30 heteroatoms. The molecule has 2 saturated heterocycles. The Bertz CT molecular complexity index is 2460. The van der Waals surface area contributed by atoms with Crippen LogP contribution in [0.3, 0.4) is 0 Å². The van der Waals surface area contributed by atoms with Gasteiger partial charge in [0.05, 0.1) is 19.5 Å². The summed E-state index contributed by atoms with van der Waals surface area (Å²) in [6, 6.07) is 9.47. The average molecular weight is 1060 g/mol. The first-order valence-electron chi connectivity index (χ1n) is 22.3. The Balaban J connectivity index is 0.907. The molecule has 26 nitrogen and oxygen atoms in total. The molecule has 4 heterocycles. The first-order valence-corrected chi connectivity index (χ1v) is 27.8. The Labute approximate surface area is 406 Å². The first kappa shape index (κ1) is 55.6. The number of phosphoric ester groups is 3. The van der Waals surface area contributed by atoms with Gasteiger partial charge in [0.2, 0.25) is 17.7 Å². The van der Waals surface area contributed by atoms with Crippen LogP contribution in [0.2, 0.25) is 0 Å². The number of aliphatic hydroxyl groups excluding tert-OH is 2. The molecule has 1 saturated carbocycles. The number of nitrogens with one attached hydrogen (secondary N) is 2. The summed E-state index contributed by atoms with van der Waals surface area (Å²) in [5.41, 5.74) is 5.18. The number of aliphatic hydroxyl groups is 2. The molecule has 10 unspecified atom stereocenters. The molecule has 3 aromatic rings. The number of hydrogen-bond acceptors (Lipinski definition) is 19. The summed E-state index contributed by atoms with van der Waals surface area (Å²) >= 11 is 1.03. The van der Waals surface area contributed by atoms with Crippen LogP contribution in [-0.2, 0) is 61.9 Å². The third-order valence-corrected chi connectivity index (χ3v) is 16.3. The van der Waals surface area contributed by atoms with Gasteiger partial charge >= 0.3 is 23.5 Å². The number of thioether (sulfide) groups is 1. The number of amides is 3. The summed E-state index contributed by atoms with van der Waals surface area (Å²) in [6.45, 7) is 1.81. The highest BCUT2D eigenvalue weighted by molar-refractivity contribution is 8.13. The fraction of sp³-hybridized carbons (Fsp3) is 0.625. The predicted molar refractivity (Wildman–Crippen MR) is 247 cm³/mol. The van der Waals surface area contributed by atoms with Gasteiger partial charge in [0.1, 0.15) is 36.3 Å². The van der Waals surface area contributed by atoms with Crippen molar-refractivity contribution in [3.05, 3.63) is 48.5 Å². The van der Waals surface area contributed by atoms with Crippen molar-refractivity contribution < 1.29 is 85.3 Å². The molecule has 3 amide bonds. The molecule has 1 aromatic carbocycles. The van der Waals surface area contributed by atoms with E-state index in [1.165, 1.54) is 26.7 Å².